The van der Waals surface area contributed by atoms with Crippen LogP contribution in [0.3, 0.4) is 0 Å². The van der Waals surface area contributed by atoms with Gasteiger partial charge in [0.05, 0.1) is 11.6 Å². The van der Waals surface area contributed by atoms with Gasteiger partial charge in [-0.1, -0.05) is 38.4 Å². The van der Waals surface area contributed by atoms with Crippen LogP contribution in [0, 0.1) is 0 Å². The van der Waals surface area contributed by atoms with E-state index in [2.05, 4.69) is 26.8 Å². The Hall–Kier alpha value is -0.440. The van der Waals surface area contributed by atoms with Crippen LogP contribution in [0.5, 0.6) is 5.75 Å². The molecule has 4 heteroatoms. The van der Waals surface area contributed by atoms with Crippen molar-refractivity contribution < 1.29 is 4.74 Å². The lowest BCUT2D eigenvalue weighted by Gasteiger charge is -2.18. The number of hydrogen-bond donors (Lipinski definition) is 1. The zero-order chi connectivity index (χ0) is 13.7. The Balaban J connectivity index is 0.00000324. The first-order valence-electron chi connectivity index (χ1n) is 6.70. The number of hydrogen-bond acceptors (Lipinski definition) is 2. The molecule has 0 saturated heterocycles. The molecule has 0 aliphatic carbocycles. The number of ether oxygens (including phenoxy) is 1. The zero-order valence-electron chi connectivity index (χ0n) is 12.2. The van der Waals surface area contributed by atoms with E-state index in [1.165, 1.54) is 5.56 Å². The first-order chi connectivity index (χ1) is 8.49. The molecule has 0 aromatic heterocycles. The van der Waals surface area contributed by atoms with Crippen LogP contribution in [0.15, 0.2) is 12.1 Å². The number of halogens is 2. The van der Waals surface area contributed by atoms with E-state index in [4.69, 9.17) is 22.1 Å². The molecule has 2 N–H and O–H groups in total. The third-order valence-corrected chi connectivity index (χ3v) is 3.39. The molecule has 0 bridgehead atoms. The molecule has 0 fully saturated rings. The van der Waals surface area contributed by atoms with Crippen LogP contribution in [-0.2, 0) is 6.42 Å². The van der Waals surface area contributed by atoms with E-state index in [0.717, 1.165) is 24.2 Å². The van der Waals surface area contributed by atoms with Gasteiger partial charge in [-0.05, 0) is 42.9 Å². The molecule has 0 spiro atoms. The van der Waals surface area contributed by atoms with Gasteiger partial charge in [0.15, 0.2) is 0 Å². The summed E-state index contributed by atoms with van der Waals surface area (Å²) < 4.78 is 5.66. The molecular formula is C15H25Cl2NO. The minimum Gasteiger partial charge on any atom is -0.492 e. The average Bonchev–Trinajstić information content (AvgIpc) is 2.32. The van der Waals surface area contributed by atoms with E-state index in [1.54, 1.807) is 0 Å². The summed E-state index contributed by atoms with van der Waals surface area (Å²) in [6.07, 6.45) is 1.77. The first kappa shape index (κ1) is 18.6. The Bertz CT molecular complexity index is 394. The number of benzene rings is 1. The molecule has 1 atom stereocenters. The van der Waals surface area contributed by atoms with Gasteiger partial charge < -0.3 is 10.5 Å². The van der Waals surface area contributed by atoms with Gasteiger partial charge in [0.1, 0.15) is 5.75 Å². The Labute approximate surface area is 128 Å². The lowest BCUT2D eigenvalue weighted by Crippen LogP contribution is -2.22. The minimum atomic E-state index is 0. The fourth-order valence-corrected chi connectivity index (χ4v) is 2.19. The standard InChI is InChI=1S/C15H24ClNO.ClH/c1-5-13(17)8-12-7-11(10(3)4)9-14(16)15(12)18-6-2;/h7,9-10,13H,5-6,8,17H2,1-4H3;1H. The van der Waals surface area contributed by atoms with Gasteiger partial charge >= 0.3 is 0 Å². The average molecular weight is 306 g/mol. The normalized spacial score (nSPS) is 12.2. The van der Waals surface area contributed by atoms with Crippen molar-refractivity contribution >= 4 is 24.0 Å². The fraction of sp³-hybridized carbons (Fsp3) is 0.600. The second-order valence-electron chi connectivity index (χ2n) is 4.95. The lowest BCUT2D eigenvalue weighted by atomic mass is 9.96. The Kier molecular flexibility index (Phi) is 8.47. The molecule has 0 saturated carbocycles. The van der Waals surface area contributed by atoms with Crippen LogP contribution < -0.4 is 10.5 Å². The maximum atomic E-state index is 6.32. The monoisotopic (exact) mass is 305 g/mol. The largest absolute Gasteiger partial charge is 0.492 e. The van der Waals surface area contributed by atoms with Gasteiger partial charge in [0.25, 0.3) is 0 Å². The summed E-state index contributed by atoms with van der Waals surface area (Å²) in [5, 5.41) is 0.696. The predicted molar refractivity (Wildman–Crippen MR) is 85.9 cm³/mol. The summed E-state index contributed by atoms with van der Waals surface area (Å²) in [7, 11) is 0. The molecule has 110 valence electrons. The van der Waals surface area contributed by atoms with Crippen LogP contribution in [0.4, 0.5) is 0 Å². The maximum Gasteiger partial charge on any atom is 0.141 e. The number of nitrogens with two attached hydrogens (primary N) is 1. The third kappa shape index (κ3) is 5.21. The van der Waals surface area contributed by atoms with E-state index in [9.17, 15) is 0 Å². The van der Waals surface area contributed by atoms with Crippen molar-refractivity contribution in [3.8, 4) is 5.75 Å². The highest BCUT2D eigenvalue weighted by Crippen LogP contribution is 2.33. The highest BCUT2D eigenvalue weighted by molar-refractivity contribution is 6.32. The third-order valence-electron chi connectivity index (χ3n) is 3.10. The number of rotatable bonds is 6. The first-order valence-corrected chi connectivity index (χ1v) is 7.08. The zero-order valence-corrected chi connectivity index (χ0v) is 13.8. The Morgan fingerprint density at radius 2 is 1.89 bits per heavy atom. The van der Waals surface area contributed by atoms with Crippen LogP contribution in [0.2, 0.25) is 5.02 Å². The summed E-state index contributed by atoms with van der Waals surface area (Å²) in [6.45, 7) is 9.01. The summed E-state index contributed by atoms with van der Waals surface area (Å²) >= 11 is 6.32. The molecule has 0 aliphatic rings. The minimum absolute atomic E-state index is 0. The molecule has 1 aromatic carbocycles. The van der Waals surface area contributed by atoms with Crippen molar-refractivity contribution in [2.45, 2.75) is 52.5 Å². The second-order valence-corrected chi connectivity index (χ2v) is 5.36. The topological polar surface area (TPSA) is 35.2 Å². The van der Waals surface area contributed by atoms with E-state index in [0.29, 0.717) is 17.5 Å². The van der Waals surface area contributed by atoms with Gasteiger partial charge in [-0.25, -0.2) is 0 Å². The summed E-state index contributed by atoms with van der Waals surface area (Å²) in [5.74, 6) is 1.25. The summed E-state index contributed by atoms with van der Waals surface area (Å²) in [5.41, 5.74) is 8.41. The van der Waals surface area contributed by atoms with Crippen molar-refractivity contribution in [2.75, 3.05) is 6.61 Å². The van der Waals surface area contributed by atoms with Gasteiger partial charge in [-0.3, -0.25) is 0 Å². The molecule has 1 aromatic rings. The molecule has 1 unspecified atom stereocenters. The fourth-order valence-electron chi connectivity index (χ4n) is 1.89. The molecule has 0 amide bonds. The van der Waals surface area contributed by atoms with E-state index in [1.807, 2.05) is 13.0 Å². The Morgan fingerprint density at radius 3 is 2.37 bits per heavy atom. The predicted octanol–water partition coefficient (Wildman–Crippen LogP) is 4.56. The Morgan fingerprint density at radius 1 is 1.26 bits per heavy atom. The van der Waals surface area contributed by atoms with Crippen molar-refractivity contribution in [1.82, 2.24) is 0 Å². The van der Waals surface area contributed by atoms with E-state index >= 15 is 0 Å². The van der Waals surface area contributed by atoms with Gasteiger partial charge in [0.2, 0.25) is 0 Å². The quantitative estimate of drug-likeness (QED) is 0.836. The van der Waals surface area contributed by atoms with Crippen molar-refractivity contribution in [3.05, 3.63) is 28.3 Å². The van der Waals surface area contributed by atoms with Crippen molar-refractivity contribution in [3.63, 3.8) is 0 Å². The smallest absolute Gasteiger partial charge is 0.141 e. The van der Waals surface area contributed by atoms with Gasteiger partial charge in [-0.15, -0.1) is 12.4 Å². The lowest BCUT2D eigenvalue weighted by molar-refractivity contribution is 0.335. The molecule has 0 aliphatic heterocycles. The molecule has 19 heavy (non-hydrogen) atoms. The second kappa shape index (κ2) is 8.68. The van der Waals surface area contributed by atoms with E-state index in [-0.39, 0.29) is 18.4 Å². The highest BCUT2D eigenvalue weighted by atomic mass is 35.5. The van der Waals surface area contributed by atoms with Gasteiger partial charge in [-0.2, -0.15) is 0 Å². The van der Waals surface area contributed by atoms with Crippen LogP contribution in [-0.4, -0.2) is 12.6 Å². The molecule has 1 rings (SSSR count). The summed E-state index contributed by atoms with van der Waals surface area (Å²) in [6, 6.07) is 4.33. The SMILES string of the molecule is CCOc1c(Cl)cc(C(C)C)cc1CC(N)CC.Cl. The molecule has 0 heterocycles. The maximum absolute atomic E-state index is 6.32. The van der Waals surface area contributed by atoms with E-state index < -0.39 is 0 Å². The molecule has 0 radical (unpaired) electrons. The molecule has 2 nitrogen and oxygen atoms in total. The highest BCUT2D eigenvalue weighted by Gasteiger charge is 2.14. The van der Waals surface area contributed by atoms with Crippen LogP contribution in [0.1, 0.15) is 51.2 Å². The van der Waals surface area contributed by atoms with Gasteiger partial charge in [0, 0.05) is 6.04 Å². The van der Waals surface area contributed by atoms with Crippen LogP contribution in [0.25, 0.3) is 0 Å². The van der Waals surface area contributed by atoms with Crippen molar-refractivity contribution in [1.29, 1.82) is 0 Å². The summed E-state index contributed by atoms with van der Waals surface area (Å²) in [4.78, 5) is 0. The van der Waals surface area contributed by atoms with Crippen molar-refractivity contribution in [2.24, 2.45) is 5.73 Å². The van der Waals surface area contributed by atoms with Crippen LogP contribution >= 0.6 is 24.0 Å². The molecular weight excluding hydrogens is 281 g/mol.